The molecule has 3 aromatic rings. The van der Waals surface area contributed by atoms with Crippen molar-refractivity contribution in [3.63, 3.8) is 0 Å². The second-order valence-electron chi connectivity index (χ2n) is 6.07. The van der Waals surface area contributed by atoms with Gasteiger partial charge in [0, 0.05) is 23.2 Å². The smallest absolute Gasteiger partial charge is 0.284 e. The highest BCUT2D eigenvalue weighted by atomic mass is 35.5. The topological polar surface area (TPSA) is 117 Å². The van der Waals surface area contributed by atoms with Crippen LogP contribution in [0.4, 0.5) is 4.39 Å². The molecular formula is C19H16ClFN4O4. The number of hydrogen-bond donors (Lipinski definition) is 3. The van der Waals surface area contributed by atoms with Crippen molar-refractivity contribution in [1.29, 1.82) is 0 Å². The number of aromatic nitrogens is 3. The van der Waals surface area contributed by atoms with Crippen molar-refractivity contribution in [3.05, 3.63) is 75.5 Å². The van der Waals surface area contributed by atoms with Crippen LogP contribution in [0.1, 0.15) is 10.4 Å². The van der Waals surface area contributed by atoms with Crippen LogP contribution in [0.3, 0.4) is 0 Å². The lowest BCUT2D eigenvalue weighted by Crippen LogP contribution is -2.38. The number of halogens is 2. The number of carbonyl (C=O) groups is 1. The molecule has 0 spiro atoms. The van der Waals surface area contributed by atoms with Crippen LogP contribution in [0.2, 0.25) is 5.02 Å². The van der Waals surface area contributed by atoms with E-state index in [-0.39, 0.29) is 23.5 Å². The maximum absolute atomic E-state index is 13.6. The third-order valence-corrected chi connectivity index (χ3v) is 4.19. The number of nitrogens with zero attached hydrogens (tertiary/aromatic N) is 3. The zero-order valence-corrected chi connectivity index (χ0v) is 15.7. The first-order valence-corrected chi connectivity index (χ1v) is 8.85. The van der Waals surface area contributed by atoms with E-state index in [9.17, 15) is 19.1 Å². The van der Waals surface area contributed by atoms with Gasteiger partial charge in [-0.15, -0.1) is 0 Å². The largest absolute Gasteiger partial charge is 0.394 e. The molecule has 0 aliphatic carbocycles. The number of hydrogen-bond acceptors (Lipinski definition) is 6. The van der Waals surface area contributed by atoms with Crippen LogP contribution in [0.5, 0.6) is 0 Å². The molecule has 3 N–H and O–H groups in total. The Morgan fingerprint density at radius 1 is 1.24 bits per heavy atom. The maximum Gasteiger partial charge on any atom is 0.284 e. The third-order valence-electron chi connectivity index (χ3n) is 3.94. The Balaban J connectivity index is 2.12. The minimum absolute atomic E-state index is 0.0373. The van der Waals surface area contributed by atoms with E-state index in [1.54, 1.807) is 24.3 Å². The van der Waals surface area contributed by atoms with E-state index < -0.39 is 30.0 Å². The third kappa shape index (κ3) is 4.83. The molecule has 0 radical (unpaired) electrons. The van der Waals surface area contributed by atoms with Gasteiger partial charge in [-0.2, -0.15) is 9.78 Å². The summed E-state index contributed by atoms with van der Waals surface area (Å²) in [5.74, 6) is -1.46. The molecule has 0 unspecified atom stereocenters. The molecule has 1 atom stereocenters. The Labute approximate surface area is 169 Å². The highest BCUT2D eigenvalue weighted by Crippen LogP contribution is 2.20. The van der Waals surface area contributed by atoms with Gasteiger partial charge >= 0.3 is 0 Å². The molecule has 1 amide bonds. The summed E-state index contributed by atoms with van der Waals surface area (Å²) in [6, 6.07) is 8.89. The molecule has 0 saturated heterocycles. The van der Waals surface area contributed by atoms with E-state index in [4.69, 9.17) is 16.7 Å². The van der Waals surface area contributed by atoms with Gasteiger partial charge in [-0.25, -0.2) is 4.39 Å². The molecule has 2 heterocycles. The zero-order chi connectivity index (χ0) is 21.0. The van der Waals surface area contributed by atoms with Crippen molar-refractivity contribution in [2.45, 2.75) is 6.10 Å². The fourth-order valence-corrected chi connectivity index (χ4v) is 2.61. The molecule has 150 valence electrons. The number of amides is 1. The molecule has 8 nitrogen and oxygen atoms in total. The van der Waals surface area contributed by atoms with E-state index in [2.05, 4.69) is 15.4 Å². The SMILES string of the molecule is O=C(NC[C@@H](O)CO)c1cc(-c2ccc(Cl)cc2)nn(-c2cncc(F)c2)c1=O. The predicted octanol–water partition coefficient (Wildman–Crippen LogP) is 1.17. The summed E-state index contributed by atoms with van der Waals surface area (Å²) in [4.78, 5) is 29.1. The molecule has 3 rings (SSSR count). The lowest BCUT2D eigenvalue weighted by Gasteiger charge is -2.12. The van der Waals surface area contributed by atoms with Crippen LogP contribution in [-0.2, 0) is 0 Å². The van der Waals surface area contributed by atoms with Gasteiger partial charge < -0.3 is 15.5 Å². The summed E-state index contributed by atoms with van der Waals surface area (Å²) in [6.45, 7) is -0.805. The standard InChI is InChI=1S/C19H16ClFN4O4/c20-12-3-1-11(2-4-12)17-6-16(18(28)23-9-15(27)10-26)19(29)25(24-17)14-5-13(21)7-22-8-14/h1-8,15,26-27H,9-10H2,(H,23,28)/t15-/m1/s1. The lowest BCUT2D eigenvalue weighted by molar-refractivity contribution is 0.0800. The Morgan fingerprint density at radius 3 is 2.62 bits per heavy atom. The van der Waals surface area contributed by atoms with Crippen LogP contribution < -0.4 is 10.9 Å². The second-order valence-corrected chi connectivity index (χ2v) is 6.51. The highest BCUT2D eigenvalue weighted by molar-refractivity contribution is 6.30. The first-order chi connectivity index (χ1) is 13.9. The van der Waals surface area contributed by atoms with E-state index in [1.165, 1.54) is 12.3 Å². The lowest BCUT2D eigenvalue weighted by atomic mass is 10.1. The van der Waals surface area contributed by atoms with E-state index in [0.29, 0.717) is 10.6 Å². The van der Waals surface area contributed by atoms with Crippen molar-refractivity contribution in [1.82, 2.24) is 20.1 Å². The van der Waals surface area contributed by atoms with Crippen molar-refractivity contribution < 1.29 is 19.4 Å². The summed E-state index contributed by atoms with van der Waals surface area (Å²) in [5, 5.41) is 25.4. The van der Waals surface area contributed by atoms with Crippen molar-refractivity contribution >= 4 is 17.5 Å². The fourth-order valence-electron chi connectivity index (χ4n) is 2.48. The first kappa shape index (κ1) is 20.6. The Kier molecular flexibility index (Phi) is 6.32. The van der Waals surface area contributed by atoms with Crippen LogP contribution in [0.15, 0.2) is 53.6 Å². The Morgan fingerprint density at radius 2 is 1.97 bits per heavy atom. The van der Waals surface area contributed by atoms with E-state index in [0.717, 1.165) is 16.9 Å². The molecule has 0 fully saturated rings. The predicted molar refractivity (Wildman–Crippen MR) is 103 cm³/mol. The molecule has 1 aromatic carbocycles. The maximum atomic E-state index is 13.6. The number of rotatable bonds is 6. The van der Waals surface area contributed by atoms with Gasteiger partial charge in [0.2, 0.25) is 0 Å². The van der Waals surface area contributed by atoms with E-state index >= 15 is 0 Å². The van der Waals surface area contributed by atoms with E-state index in [1.807, 2.05) is 0 Å². The monoisotopic (exact) mass is 418 g/mol. The number of aliphatic hydroxyl groups excluding tert-OH is 2. The Bertz CT molecular complexity index is 1090. The number of nitrogens with one attached hydrogen (secondary N) is 1. The first-order valence-electron chi connectivity index (χ1n) is 8.47. The summed E-state index contributed by atoms with van der Waals surface area (Å²) >= 11 is 5.90. The van der Waals surface area contributed by atoms with Crippen LogP contribution >= 0.6 is 11.6 Å². The summed E-state index contributed by atoms with van der Waals surface area (Å²) < 4.78 is 14.5. The molecule has 0 bridgehead atoms. The highest BCUT2D eigenvalue weighted by Gasteiger charge is 2.18. The van der Waals surface area contributed by atoms with Crippen LogP contribution in [0, 0.1) is 5.82 Å². The summed E-state index contributed by atoms with van der Waals surface area (Å²) in [6.07, 6.45) is 1.04. The van der Waals surface area contributed by atoms with Crippen molar-refractivity contribution in [2.24, 2.45) is 0 Å². The number of aliphatic hydroxyl groups is 2. The quantitative estimate of drug-likeness (QED) is 0.553. The number of pyridine rings is 1. The average Bonchev–Trinajstić information content (AvgIpc) is 2.72. The number of carbonyl (C=O) groups excluding carboxylic acids is 1. The van der Waals surface area contributed by atoms with Crippen LogP contribution in [-0.4, -0.2) is 50.1 Å². The second kappa shape index (κ2) is 8.91. The Hall–Kier alpha value is -3.14. The minimum Gasteiger partial charge on any atom is -0.394 e. The zero-order valence-electron chi connectivity index (χ0n) is 14.9. The fraction of sp³-hybridized carbons (Fsp3) is 0.158. The molecule has 29 heavy (non-hydrogen) atoms. The molecular weight excluding hydrogens is 403 g/mol. The van der Waals surface area contributed by atoms with Crippen molar-refractivity contribution in [2.75, 3.05) is 13.2 Å². The van der Waals surface area contributed by atoms with Crippen molar-refractivity contribution in [3.8, 4) is 16.9 Å². The van der Waals surface area contributed by atoms with Gasteiger partial charge in [0.1, 0.15) is 11.4 Å². The van der Waals surface area contributed by atoms with Gasteiger partial charge in [-0.05, 0) is 18.2 Å². The average molecular weight is 419 g/mol. The van der Waals surface area contributed by atoms with Gasteiger partial charge in [-0.3, -0.25) is 14.6 Å². The normalized spacial score (nSPS) is 11.9. The molecule has 0 aliphatic rings. The minimum atomic E-state index is -1.17. The summed E-state index contributed by atoms with van der Waals surface area (Å²) in [7, 11) is 0. The number of benzene rings is 1. The molecule has 2 aromatic heterocycles. The van der Waals surface area contributed by atoms with Crippen LogP contribution in [0.25, 0.3) is 16.9 Å². The van der Waals surface area contributed by atoms with Gasteiger partial charge in [0.25, 0.3) is 11.5 Å². The van der Waals surface area contributed by atoms with Gasteiger partial charge in [-0.1, -0.05) is 23.7 Å². The molecule has 10 heteroatoms. The van der Waals surface area contributed by atoms with Gasteiger partial charge in [0.15, 0.2) is 0 Å². The van der Waals surface area contributed by atoms with Gasteiger partial charge in [0.05, 0.1) is 36.5 Å². The molecule has 0 aliphatic heterocycles. The molecule has 0 saturated carbocycles. The summed E-state index contributed by atoms with van der Waals surface area (Å²) in [5.41, 5.74) is -0.212.